The number of nitrogens with two attached hydrogens (primary N) is 1. The summed E-state index contributed by atoms with van der Waals surface area (Å²) in [6.07, 6.45) is 5.96. The zero-order valence-electron chi connectivity index (χ0n) is 14.2. The van der Waals surface area contributed by atoms with Crippen LogP contribution >= 0.6 is 0 Å². The fraction of sp³-hybridized carbons (Fsp3) is 0.824. The van der Waals surface area contributed by atoms with Crippen LogP contribution in [-0.2, 0) is 9.53 Å². The molecule has 0 saturated carbocycles. The van der Waals surface area contributed by atoms with Gasteiger partial charge in [0, 0.05) is 5.54 Å². The third-order valence-corrected chi connectivity index (χ3v) is 3.43. The lowest BCUT2D eigenvalue weighted by molar-refractivity contribution is -0.170. The molecule has 0 aliphatic heterocycles. The predicted molar refractivity (Wildman–Crippen MR) is 85.5 cm³/mol. The molecule has 1 atom stereocenters. The summed E-state index contributed by atoms with van der Waals surface area (Å²) in [7, 11) is 0. The molecule has 0 fully saturated rings. The van der Waals surface area contributed by atoms with E-state index >= 15 is 0 Å². The molecular formula is C17H33NO2. The Kier molecular flexibility index (Phi) is 6.96. The van der Waals surface area contributed by atoms with Crippen LogP contribution in [0.3, 0.4) is 0 Å². The van der Waals surface area contributed by atoms with Crippen LogP contribution in [0.25, 0.3) is 0 Å². The normalized spacial score (nSPS) is 15.6. The van der Waals surface area contributed by atoms with E-state index in [2.05, 4.69) is 13.5 Å². The van der Waals surface area contributed by atoms with Crippen molar-refractivity contribution in [1.82, 2.24) is 0 Å². The second-order valence-corrected chi connectivity index (χ2v) is 7.47. The van der Waals surface area contributed by atoms with Crippen LogP contribution in [0.5, 0.6) is 0 Å². The Bertz CT molecular complexity index is 328. The first-order valence-corrected chi connectivity index (χ1v) is 7.59. The van der Waals surface area contributed by atoms with E-state index < -0.39 is 16.6 Å². The Labute approximate surface area is 125 Å². The van der Waals surface area contributed by atoms with E-state index in [4.69, 9.17) is 10.5 Å². The molecule has 0 bridgehead atoms. The minimum absolute atomic E-state index is 0.169. The molecule has 3 nitrogen and oxygen atoms in total. The molecule has 0 saturated heterocycles. The van der Waals surface area contributed by atoms with Gasteiger partial charge in [-0.3, -0.25) is 4.79 Å². The largest absolute Gasteiger partial charge is 0.459 e. The Balaban J connectivity index is 4.93. The highest BCUT2D eigenvalue weighted by atomic mass is 16.6. The number of carbonyl (C=O) groups excluding carboxylic acids is 1. The standard InChI is InChI=1S/C17H33NO2/c1-8-10-12-16(5,6)20-14(19)17(7,11-9-2)13-15(3,4)18/h9H,2,8,10-13,18H2,1,3-7H3. The van der Waals surface area contributed by atoms with Gasteiger partial charge in [-0.25, -0.2) is 0 Å². The maximum Gasteiger partial charge on any atom is 0.312 e. The van der Waals surface area contributed by atoms with E-state index in [1.54, 1.807) is 6.08 Å². The SMILES string of the molecule is C=CCC(C)(CC(C)(C)N)C(=O)OC(C)(C)CCCC. The molecule has 0 radical (unpaired) electrons. The van der Waals surface area contributed by atoms with Crippen molar-refractivity contribution in [1.29, 1.82) is 0 Å². The molecule has 0 aliphatic carbocycles. The molecule has 0 amide bonds. The number of hydrogen-bond acceptors (Lipinski definition) is 3. The summed E-state index contributed by atoms with van der Waals surface area (Å²) in [5.41, 5.74) is 4.65. The molecule has 0 spiro atoms. The van der Waals surface area contributed by atoms with Crippen molar-refractivity contribution in [3.63, 3.8) is 0 Å². The van der Waals surface area contributed by atoms with Gasteiger partial charge in [-0.15, -0.1) is 6.58 Å². The second kappa shape index (κ2) is 7.26. The molecule has 0 aliphatic rings. The van der Waals surface area contributed by atoms with Gasteiger partial charge < -0.3 is 10.5 Å². The number of unbranched alkanes of at least 4 members (excludes halogenated alkanes) is 1. The van der Waals surface area contributed by atoms with Crippen molar-refractivity contribution in [2.24, 2.45) is 11.1 Å². The second-order valence-electron chi connectivity index (χ2n) is 7.47. The zero-order chi connectivity index (χ0) is 16.0. The number of hydrogen-bond donors (Lipinski definition) is 1. The topological polar surface area (TPSA) is 52.3 Å². The predicted octanol–water partition coefficient (Wildman–Crippen LogP) is 4.21. The molecule has 20 heavy (non-hydrogen) atoms. The maximum atomic E-state index is 12.6. The third kappa shape index (κ3) is 7.09. The van der Waals surface area contributed by atoms with Gasteiger partial charge in [0.05, 0.1) is 5.41 Å². The first-order valence-electron chi connectivity index (χ1n) is 7.59. The molecule has 0 heterocycles. The fourth-order valence-corrected chi connectivity index (χ4v) is 2.58. The maximum absolute atomic E-state index is 12.6. The van der Waals surface area contributed by atoms with Crippen molar-refractivity contribution in [2.75, 3.05) is 0 Å². The van der Waals surface area contributed by atoms with Crippen LogP contribution in [0.15, 0.2) is 12.7 Å². The Morgan fingerprint density at radius 2 is 1.80 bits per heavy atom. The summed E-state index contributed by atoms with van der Waals surface area (Å²) in [6, 6.07) is 0. The number of allylic oxidation sites excluding steroid dienone is 1. The molecule has 0 aromatic rings. The monoisotopic (exact) mass is 283 g/mol. The van der Waals surface area contributed by atoms with Crippen LogP contribution in [0, 0.1) is 5.41 Å². The van der Waals surface area contributed by atoms with Crippen LogP contribution < -0.4 is 5.73 Å². The average molecular weight is 283 g/mol. The first kappa shape index (κ1) is 19.2. The smallest absolute Gasteiger partial charge is 0.312 e. The molecular weight excluding hydrogens is 250 g/mol. The molecule has 2 N–H and O–H groups in total. The number of esters is 1. The van der Waals surface area contributed by atoms with Gasteiger partial charge in [-0.05, 0) is 60.3 Å². The van der Waals surface area contributed by atoms with Gasteiger partial charge >= 0.3 is 5.97 Å². The van der Waals surface area contributed by atoms with E-state index in [1.165, 1.54) is 0 Å². The van der Waals surface area contributed by atoms with Gasteiger partial charge in [0.2, 0.25) is 0 Å². The molecule has 3 heteroatoms. The lowest BCUT2D eigenvalue weighted by Crippen LogP contribution is -2.44. The van der Waals surface area contributed by atoms with Crippen molar-refractivity contribution in [2.45, 2.75) is 84.8 Å². The van der Waals surface area contributed by atoms with Crippen LogP contribution in [0.1, 0.15) is 73.6 Å². The zero-order valence-corrected chi connectivity index (χ0v) is 14.2. The van der Waals surface area contributed by atoms with E-state index in [9.17, 15) is 4.79 Å². The van der Waals surface area contributed by atoms with Crippen LogP contribution in [0.2, 0.25) is 0 Å². The summed E-state index contributed by atoms with van der Waals surface area (Å²) >= 11 is 0. The summed E-state index contributed by atoms with van der Waals surface area (Å²) in [6.45, 7) is 15.6. The van der Waals surface area contributed by atoms with Gasteiger partial charge in [0.25, 0.3) is 0 Å². The van der Waals surface area contributed by atoms with Crippen molar-refractivity contribution >= 4 is 5.97 Å². The lowest BCUT2D eigenvalue weighted by Gasteiger charge is -2.36. The minimum Gasteiger partial charge on any atom is -0.459 e. The van der Waals surface area contributed by atoms with Gasteiger partial charge in [-0.1, -0.05) is 19.4 Å². The highest BCUT2D eigenvalue weighted by Gasteiger charge is 2.40. The summed E-state index contributed by atoms with van der Waals surface area (Å²) in [5, 5.41) is 0. The van der Waals surface area contributed by atoms with Gasteiger partial charge in [0.15, 0.2) is 0 Å². The molecule has 118 valence electrons. The number of carbonyl (C=O) groups is 1. The summed E-state index contributed by atoms with van der Waals surface area (Å²) in [5.74, 6) is -0.169. The van der Waals surface area contributed by atoms with Crippen molar-refractivity contribution < 1.29 is 9.53 Å². The molecule has 0 aromatic heterocycles. The van der Waals surface area contributed by atoms with Crippen molar-refractivity contribution in [3.8, 4) is 0 Å². The number of ether oxygens (including phenoxy) is 1. The third-order valence-electron chi connectivity index (χ3n) is 3.43. The van der Waals surface area contributed by atoms with Crippen molar-refractivity contribution in [3.05, 3.63) is 12.7 Å². The Hall–Kier alpha value is -0.830. The lowest BCUT2D eigenvalue weighted by atomic mass is 9.76. The van der Waals surface area contributed by atoms with E-state index in [-0.39, 0.29) is 5.97 Å². The molecule has 1 unspecified atom stereocenters. The Morgan fingerprint density at radius 3 is 2.20 bits per heavy atom. The highest BCUT2D eigenvalue weighted by Crippen LogP contribution is 2.35. The summed E-state index contributed by atoms with van der Waals surface area (Å²) < 4.78 is 5.76. The van der Waals surface area contributed by atoms with Gasteiger partial charge in [-0.2, -0.15) is 0 Å². The fourth-order valence-electron chi connectivity index (χ4n) is 2.58. The van der Waals surface area contributed by atoms with E-state index in [0.717, 1.165) is 19.3 Å². The van der Waals surface area contributed by atoms with E-state index in [1.807, 2.05) is 34.6 Å². The molecule has 0 aromatic carbocycles. The number of rotatable bonds is 9. The van der Waals surface area contributed by atoms with Crippen LogP contribution in [-0.4, -0.2) is 17.1 Å². The minimum atomic E-state index is -0.608. The van der Waals surface area contributed by atoms with Crippen LogP contribution in [0.4, 0.5) is 0 Å². The molecule has 0 rings (SSSR count). The van der Waals surface area contributed by atoms with E-state index in [0.29, 0.717) is 12.8 Å². The van der Waals surface area contributed by atoms with Gasteiger partial charge in [0.1, 0.15) is 5.60 Å². The first-order chi connectivity index (χ1) is 8.96. The average Bonchev–Trinajstić information content (AvgIpc) is 2.23. The quantitative estimate of drug-likeness (QED) is 0.509. The highest BCUT2D eigenvalue weighted by molar-refractivity contribution is 5.77. The Morgan fingerprint density at radius 1 is 1.25 bits per heavy atom. The summed E-state index contributed by atoms with van der Waals surface area (Å²) in [4.78, 5) is 12.6.